The monoisotopic (exact) mass is 539 g/mol. The van der Waals surface area contributed by atoms with E-state index < -0.39 is 0 Å². The second kappa shape index (κ2) is 13.8. The summed E-state index contributed by atoms with van der Waals surface area (Å²) < 4.78 is 13.1. The normalized spacial score (nSPS) is 16.9. The van der Waals surface area contributed by atoms with Crippen molar-refractivity contribution in [2.24, 2.45) is 5.92 Å². The number of amides is 2. The van der Waals surface area contributed by atoms with Crippen LogP contribution in [0.15, 0.2) is 24.3 Å². The van der Waals surface area contributed by atoms with Crippen LogP contribution < -0.4 is 20.1 Å². The van der Waals surface area contributed by atoms with E-state index in [9.17, 15) is 9.59 Å². The van der Waals surface area contributed by atoms with E-state index in [4.69, 9.17) is 14.6 Å². The maximum absolute atomic E-state index is 13.6. The summed E-state index contributed by atoms with van der Waals surface area (Å²) in [4.78, 5) is 28.8. The number of hydrogen-bond acceptors (Lipinski definition) is 6. The van der Waals surface area contributed by atoms with Crippen molar-refractivity contribution in [3.05, 3.63) is 30.0 Å². The Balaban J connectivity index is 1.55. The van der Waals surface area contributed by atoms with Gasteiger partial charge in [-0.05, 0) is 75.7 Å². The number of aromatic nitrogens is 2. The lowest BCUT2D eigenvalue weighted by molar-refractivity contribution is -0.122. The topological polar surface area (TPSA) is 97.7 Å². The van der Waals surface area contributed by atoms with E-state index in [-0.39, 0.29) is 30.3 Å². The highest BCUT2D eigenvalue weighted by Gasteiger charge is 2.26. The highest BCUT2D eigenvalue weighted by molar-refractivity contribution is 5.94. The van der Waals surface area contributed by atoms with Crippen molar-refractivity contribution in [3.63, 3.8) is 0 Å². The number of likely N-dealkylation sites (tertiary alicyclic amines) is 1. The van der Waals surface area contributed by atoms with E-state index in [2.05, 4.69) is 29.4 Å². The van der Waals surface area contributed by atoms with Gasteiger partial charge < -0.3 is 25.0 Å². The van der Waals surface area contributed by atoms with Crippen LogP contribution in [0.25, 0.3) is 11.3 Å². The lowest BCUT2D eigenvalue weighted by Crippen LogP contribution is -2.45. The number of carbonyl (C=O) groups is 2. The van der Waals surface area contributed by atoms with E-state index in [0.29, 0.717) is 29.7 Å². The van der Waals surface area contributed by atoms with Crippen LogP contribution in [-0.4, -0.2) is 72.4 Å². The molecule has 0 bridgehead atoms. The van der Waals surface area contributed by atoms with Crippen LogP contribution >= 0.6 is 0 Å². The fourth-order valence-electron chi connectivity index (χ4n) is 5.39. The van der Waals surface area contributed by atoms with Crippen LogP contribution in [-0.2, 0) is 11.3 Å². The lowest BCUT2D eigenvalue weighted by atomic mass is 9.93. The van der Waals surface area contributed by atoms with Crippen LogP contribution in [0.4, 0.5) is 0 Å². The average Bonchev–Trinajstić information content (AvgIpc) is 3.32. The van der Waals surface area contributed by atoms with Crippen molar-refractivity contribution >= 4 is 11.8 Å². The molecule has 214 valence electrons. The number of hydrogen-bond donors (Lipinski definition) is 2. The highest BCUT2D eigenvalue weighted by Crippen LogP contribution is 2.38. The molecule has 2 aromatic rings. The second-order valence-corrected chi connectivity index (χ2v) is 11.3. The molecular weight excluding hydrogens is 494 g/mol. The molecule has 4 rings (SSSR count). The Morgan fingerprint density at radius 1 is 1.05 bits per heavy atom. The molecule has 39 heavy (non-hydrogen) atoms. The zero-order valence-electron chi connectivity index (χ0n) is 24.0. The first-order valence-corrected chi connectivity index (χ1v) is 14.5. The third-order valence-electron chi connectivity index (χ3n) is 7.71. The van der Waals surface area contributed by atoms with Gasteiger partial charge in [-0.15, -0.1) is 0 Å². The first kappa shape index (κ1) is 28.9. The Labute approximate surface area is 232 Å². The number of nitrogens with zero attached hydrogens (tertiary/aromatic N) is 3. The first-order chi connectivity index (χ1) is 18.9. The minimum absolute atomic E-state index is 0.00780. The molecule has 0 radical (unpaired) electrons. The molecule has 1 unspecified atom stereocenters. The van der Waals surface area contributed by atoms with Crippen LogP contribution in [0.2, 0.25) is 0 Å². The Morgan fingerprint density at radius 2 is 1.74 bits per heavy atom. The quantitative estimate of drug-likeness (QED) is 0.395. The minimum Gasteiger partial charge on any atom is -0.496 e. The van der Waals surface area contributed by atoms with Gasteiger partial charge in [-0.1, -0.05) is 26.3 Å². The molecule has 2 heterocycles. The summed E-state index contributed by atoms with van der Waals surface area (Å²) in [5, 5.41) is 11.0. The Kier molecular flexibility index (Phi) is 10.3. The largest absolute Gasteiger partial charge is 0.496 e. The van der Waals surface area contributed by atoms with E-state index >= 15 is 0 Å². The predicted octanol–water partition coefficient (Wildman–Crippen LogP) is 4.26. The number of ether oxygens (including phenoxy) is 2. The molecule has 2 aliphatic rings. The Morgan fingerprint density at radius 3 is 2.33 bits per heavy atom. The fraction of sp³-hybridized carbons (Fsp3) is 0.633. The van der Waals surface area contributed by atoms with Crippen molar-refractivity contribution in [1.29, 1.82) is 0 Å². The van der Waals surface area contributed by atoms with E-state index in [1.165, 1.54) is 25.7 Å². The Bertz CT molecular complexity index is 1080. The van der Waals surface area contributed by atoms with Crippen molar-refractivity contribution in [2.75, 3.05) is 33.9 Å². The van der Waals surface area contributed by atoms with Gasteiger partial charge in [0.1, 0.15) is 11.5 Å². The average molecular weight is 540 g/mol. The summed E-state index contributed by atoms with van der Waals surface area (Å²) >= 11 is 0. The van der Waals surface area contributed by atoms with Gasteiger partial charge in [-0.2, -0.15) is 5.10 Å². The summed E-state index contributed by atoms with van der Waals surface area (Å²) in [5.74, 6) is 1.35. The van der Waals surface area contributed by atoms with Gasteiger partial charge in [0.15, 0.2) is 5.69 Å². The molecule has 9 heteroatoms. The zero-order chi connectivity index (χ0) is 27.8. The van der Waals surface area contributed by atoms with Gasteiger partial charge in [0.25, 0.3) is 5.91 Å². The van der Waals surface area contributed by atoms with Crippen molar-refractivity contribution in [3.8, 4) is 22.8 Å². The van der Waals surface area contributed by atoms with E-state index in [0.717, 1.165) is 50.2 Å². The number of piperidine rings is 1. The van der Waals surface area contributed by atoms with Crippen LogP contribution in [0.1, 0.15) is 75.7 Å². The zero-order valence-corrected chi connectivity index (χ0v) is 24.0. The first-order valence-electron chi connectivity index (χ1n) is 14.5. The molecule has 1 aromatic heterocycles. The molecule has 2 N–H and O–H groups in total. The second-order valence-electron chi connectivity index (χ2n) is 11.3. The van der Waals surface area contributed by atoms with Gasteiger partial charge in [-0.3, -0.25) is 14.3 Å². The van der Waals surface area contributed by atoms with E-state index in [1.54, 1.807) is 20.3 Å². The number of carbonyl (C=O) groups excluding carboxylic acids is 2. The molecule has 9 nitrogen and oxygen atoms in total. The molecule has 1 atom stereocenters. The van der Waals surface area contributed by atoms with Crippen molar-refractivity contribution < 1.29 is 19.1 Å². The molecule has 0 spiro atoms. The SMILES string of the molecule is COc1cccc(OC)c1-c1cc(C(=O)NC(CCN2CCCCC2)CC(=O)NC2CCC2)nn1CC(C)C. The van der Waals surface area contributed by atoms with Crippen LogP contribution in [0, 0.1) is 5.92 Å². The molecule has 2 fully saturated rings. The van der Waals surface area contributed by atoms with Crippen LogP contribution in [0.3, 0.4) is 0 Å². The molecule has 1 aliphatic heterocycles. The smallest absolute Gasteiger partial charge is 0.272 e. The number of benzene rings is 1. The van der Waals surface area contributed by atoms with Gasteiger partial charge in [0.2, 0.25) is 5.91 Å². The minimum atomic E-state index is -0.271. The van der Waals surface area contributed by atoms with Crippen molar-refractivity contribution in [1.82, 2.24) is 25.3 Å². The maximum atomic E-state index is 13.6. The number of nitrogens with one attached hydrogen (secondary N) is 2. The number of rotatable bonds is 13. The summed E-state index contributed by atoms with van der Waals surface area (Å²) in [6, 6.07) is 7.44. The molecule has 1 saturated heterocycles. The standard InChI is InChI=1S/C30H45N5O4/c1-21(2)20-35-25(29-26(38-3)12-9-13-27(29)39-4)19-24(33-35)30(37)32-23(14-17-34-15-6-5-7-16-34)18-28(36)31-22-10-8-11-22/h9,12-13,19,21-23H,5-8,10-11,14-18,20H2,1-4H3,(H,31,36)(H,32,37). The molecular formula is C30H45N5O4. The highest BCUT2D eigenvalue weighted by atomic mass is 16.5. The van der Waals surface area contributed by atoms with Gasteiger partial charge in [-0.25, -0.2) is 0 Å². The lowest BCUT2D eigenvalue weighted by Gasteiger charge is -2.29. The maximum Gasteiger partial charge on any atom is 0.272 e. The molecule has 1 saturated carbocycles. The summed E-state index contributed by atoms with van der Waals surface area (Å²) in [7, 11) is 3.24. The third kappa shape index (κ3) is 7.75. The fourth-order valence-corrected chi connectivity index (χ4v) is 5.39. The molecule has 1 aliphatic carbocycles. The summed E-state index contributed by atoms with van der Waals surface area (Å²) in [6.07, 6.45) is 7.94. The summed E-state index contributed by atoms with van der Waals surface area (Å²) in [6.45, 7) is 7.89. The predicted molar refractivity (Wildman–Crippen MR) is 152 cm³/mol. The van der Waals surface area contributed by atoms with Crippen molar-refractivity contribution in [2.45, 2.75) is 83.8 Å². The van der Waals surface area contributed by atoms with E-state index in [1.807, 2.05) is 22.9 Å². The summed E-state index contributed by atoms with van der Waals surface area (Å²) in [5.41, 5.74) is 1.84. The third-order valence-corrected chi connectivity index (χ3v) is 7.71. The molecule has 2 amide bonds. The van der Waals surface area contributed by atoms with Gasteiger partial charge >= 0.3 is 0 Å². The molecule has 1 aromatic carbocycles. The van der Waals surface area contributed by atoms with Gasteiger partial charge in [0, 0.05) is 31.6 Å². The Hall–Kier alpha value is -3.07. The van der Waals surface area contributed by atoms with Gasteiger partial charge in [0.05, 0.1) is 25.5 Å². The van der Waals surface area contributed by atoms with Crippen LogP contribution in [0.5, 0.6) is 11.5 Å². The number of methoxy groups -OCH3 is 2.